The SMILES string of the molecule is COC(=O)c1ccc(-c2ccc(/C=C3/C(=O)NN(c4ccc(C)c(C)c4)C3=O)o2)cc1. The molecule has 1 aromatic heterocycles. The minimum absolute atomic E-state index is 0.0137. The molecule has 156 valence electrons. The first-order valence-electron chi connectivity index (χ1n) is 9.60. The number of nitrogens with zero attached hydrogens (tertiary/aromatic N) is 1. The molecule has 0 bridgehead atoms. The Morgan fingerprint density at radius 3 is 2.42 bits per heavy atom. The summed E-state index contributed by atoms with van der Waals surface area (Å²) in [6.45, 7) is 3.92. The maximum Gasteiger partial charge on any atom is 0.337 e. The van der Waals surface area contributed by atoms with Crippen LogP contribution in [0.3, 0.4) is 0 Å². The van der Waals surface area contributed by atoms with E-state index in [1.165, 1.54) is 18.2 Å². The van der Waals surface area contributed by atoms with E-state index in [4.69, 9.17) is 4.42 Å². The van der Waals surface area contributed by atoms with E-state index in [0.717, 1.165) is 16.7 Å². The van der Waals surface area contributed by atoms with Gasteiger partial charge < -0.3 is 9.15 Å². The molecule has 7 heteroatoms. The highest BCUT2D eigenvalue weighted by molar-refractivity contribution is 6.31. The van der Waals surface area contributed by atoms with Gasteiger partial charge in [-0.15, -0.1) is 0 Å². The maximum absolute atomic E-state index is 12.8. The zero-order chi connectivity index (χ0) is 22.1. The number of hydrogen-bond donors (Lipinski definition) is 1. The van der Waals surface area contributed by atoms with Gasteiger partial charge in [-0.3, -0.25) is 15.0 Å². The Morgan fingerprint density at radius 1 is 1.00 bits per heavy atom. The maximum atomic E-state index is 12.8. The Balaban J connectivity index is 1.57. The van der Waals surface area contributed by atoms with Gasteiger partial charge in [0, 0.05) is 5.56 Å². The molecule has 0 radical (unpaired) electrons. The molecule has 2 aromatic carbocycles. The van der Waals surface area contributed by atoms with Gasteiger partial charge in [0.15, 0.2) is 0 Å². The molecule has 4 rings (SSSR count). The third kappa shape index (κ3) is 3.85. The standard InChI is InChI=1S/C24H20N2O5/c1-14-4-9-18(12-15(14)2)26-23(28)20(22(27)25-26)13-19-10-11-21(31-19)16-5-7-17(8-6-16)24(29)30-3/h4-13H,1-3H3,(H,25,27)/b20-13-. The van der Waals surface area contributed by atoms with Gasteiger partial charge in [0.1, 0.15) is 17.1 Å². The molecule has 1 saturated heterocycles. The summed E-state index contributed by atoms with van der Waals surface area (Å²) in [5, 5.41) is 1.23. The molecule has 0 saturated carbocycles. The highest BCUT2D eigenvalue weighted by atomic mass is 16.5. The summed E-state index contributed by atoms with van der Waals surface area (Å²) < 4.78 is 10.5. The normalized spacial score (nSPS) is 14.8. The first-order valence-corrected chi connectivity index (χ1v) is 9.60. The lowest BCUT2D eigenvalue weighted by molar-refractivity contribution is -0.117. The van der Waals surface area contributed by atoms with Gasteiger partial charge in [0.05, 0.1) is 18.4 Å². The van der Waals surface area contributed by atoms with Crippen molar-refractivity contribution in [2.45, 2.75) is 13.8 Å². The lowest BCUT2D eigenvalue weighted by atomic mass is 10.1. The van der Waals surface area contributed by atoms with Gasteiger partial charge in [-0.2, -0.15) is 0 Å². The number of benzene rings is 2. The fourth-order valence-corrected chi connectivity index (χ4v) is 3.22. The molecule has 0 unspecified atom stereocenters. The van der Waals surface area contributed by atoms with Crippen LogP contribution in [-0.4, -0.2) is 24.9 Å². The summed E-state index contributed by atoms with van der Waals surface area (Å²) in [6, 6.07) is 15.7. The summed E-state index contributed by atoms with van der Waals surface area (Å²) in [5.74, 6) is -0.458. The van der Waals surface area contributed by atoms with Crippen LogP contribution in [0.4, 0.5) is 5.69 Å². The Hall–Kier alpha value is -4.13. The zero-order valence-corrected chi connectivity index (χ0v) is 17.3. The number of rotatable bonds is 4. The van der Waals surface area contributed by atoms with Crippen molar-refractivity contribution in [1.82, 2.24) is 5.43 Å². The first-order chi connectivity index (χ1) is 14.9. The molecular formula is C24H20N2O5. The van der Waals surface area contributed by atoms with Crippen molar-refractivity contribution in [3.63, 3.8) is 0 Å². The number of aryl methyl sites for hydroxylation is 2. The van der Waals surface area contributed by atoms with Crippen molar-refractivity contribution in [2.75, 3.05) is 12.1 Å². The predicted molar refractivity (Wildman–Crippen MR) is 115 cm³/mol. The number of esters is 1. The van der Waals surface area contributed by atoms with Crippen LogP contribution in [0.1, 0.15) is 27.2 Å². The van der Waals surface area contributed by atoms with Crippen molar-refractivity contribution in [3.8, 4) is 11.3 Å². The van der Waals surface area contributed by atoms with E-state index in [9.17, 15) is 14.4 Å². The lowest BCUT2D eigenvalue weighted by Crippen LogP contribution is -2.35. The average Bonchev–Trinajstić information content (AvgIpc) is 3.35. The van der Waals surface area contributed by atoms with Crippen LogP contribution >= 0.6 is 0 Å². The first kappa shape index (κ1) is 20.2. The van der Waals surface area contributed by atoms with Gasteiger partial charge >= 0.3 is 5.97 Å². The van der Waals surface area contributed by atoms with Crippen LogP contribution in [0.2, 0.25) is 0 Å². The fraction of sp³-hybridized carbons (Fsp3) is 0.125. The topological polar surface area (TPSA) is 88.9 Å². The Morgan fingerprint density at radius 2 is 1.74 bits per heavy atom. The highest BCUT2D eigenvalue weighted by Crippen LogP contribution is 2.27. The van der Waals surface area contributed by atoms with E-state index >= 15 is 0 Å². The largest absolute Gasteiger partial charge is 0.465 e. The molecule has 1 aliphatic heterocycles. The quantitative estimate of drug-likeness (QED) is 0.397. The van der Waals surface area contributed by atoms with E-state index in [-0.39, 0.29) is 5.57 Å². The molecule has 1 aliphatic rings. The second-order valence-corrected chi connectivity index (χ2v) is 7.18. The van der Waals surface area contributed by atoms with Crippen molar-refractivity contribution < 1.29 is 23.5 Å². The highest BCUT2D eigenvalue weighted by Gasteiger charge is 2.34. The van der Waals surface area contributed by atoms with E-state index in [1.54, 1.807) is 42.5 Å². The van der Waals surface area contributed by atoms with Crippen molar-refractivity contribution in [1.29, 1.82) is 0 Å². The minimum atomic E-state index is -0.497. The molecule has 31 heavy (non-hydrogen) atoms. The summed E-state index contributed by atoms with van der Waals surface area (Å²) in [6.07, 6.45) is 1.42. The van der Waals surface area contributed by atoms with Crippen molar-refractivity contribution in [3.05, 3.63) is 82.6 Å². The molecule has 0 spiro atoms. The number of furan rings is 1. The number of carbonyl (C=O) groups is 3. The predicted octanol–water partition coefficient (Wildman–Crippen LogP) is 3.81. The van der Waals surface area contributed by atoms with E-state index < -0.39 is 17.8 Å². The van der Waals surface area contributed by atoms with Gasteiger partial charge in [-0.25, -0.2) is 9.80 Å². The summed E-state index contributed by atoms with van der Waals surface area (Å²) in [7, 11) is 1.32. The molecule has 1 N–H and O–H groups in total. The average molecular weight is 416 g/mol. The number of anilines is 1. The van der Waals surface area contributed by atoms with Gasteiger partial charge in [0.25, 0.3) is 11.8 Å². The molecule has 0 atom stereocenters. The molecule has 2 amide bonds. The van der Waals surface area contributed by atoms with Crippen LogP contribution in [0.5, 0.6) is 0 Å². The van der Waals surface area contributed by atoms with E-state index in [1.807, 2.05) is 26.0 Å². The number of carbonyl (C=O) groups excluding carboxylic acids is 3. The third-order valence-corrected chi connectivity index (χ3v) is 5.14. The van der Waals surface area contributed by atoms with Crippen LogP contribution in [0.25, 0.3) is 17.4 Å². The Labute approximate surface area is 178 Å². The van der Waals surface area contributed by atoms with Gasteiger partial charge in [-0.05, 0) is 67.4 Å². The van der Waals surface area contributed by atoms with Crippen molar-refractivity contribution >= 4 is 29.5 Å². The monoisotopic (exact) mass is 416 g/mol. The summed E-state index contributed by atoms with van der Waals surface area (Å²) in [4.78, 5) is 36.8. The molecule has 7 nitrogen and oxygen atoms in total. The van der Waals surface area contributed by atoms with Crippen LogP contribution in [-0.2, 0) is 14.3 Å². The Kier molecular flexibility index (Phi) is 5.17. The number of methoxy groups -OCH3 is 1. The van der Waals surface area contributed by atoms with Crippen molar-refractivity contribution in [2.24, 2.45) is 0 Å². The second kappa shape index (κ2) is 7.95. The van der Waals surface area contributed by atoms with Crippen LogP contribution in [0.15, 0.2) is 64.6 Å². The number of ether oxygens (including phenoxy) is 1. The fourth-order valence-electron chi connectivity index (χ4n) is 3.22. The molecule has 1 fully saturated rings. The lowest BCUT2D eigenvalue weighted by Gasteiger charge is -2.15. The third-order valence-electron chi connectivity index (χ3n) is 5.14. The molecular weight excluding hydrogens is 396 g/mol. The second-order valence-electron chi connectivity index (χ2n) is 7.18. The Bertz CT molecular complexity index is 1220. The van der Waals surface area contributed by atoms with Crippen LogP contribution < -0.4 is 10.4 Å². The van der Waals surface area contributed by atoms with E-state index in [2.05, 4.69) is 10.2 Å². The zero-order valence-electron chi connectivity index (χ0n) is 17.3. The summed E-state index contributed by atoms with van der Waals surface area (Å²) >= 11 is 0. The molecule has 3 aromatic rings. The molecule has 0 aliphatic carbocycles. The number of amides is 2. The van der Waals surface area contributed by atoms with Gasteiger partial charge in [-0.1, -0.05) is 18.2 Å². The minimum Gasteiger partial charge on any atom is -0.465 e. The number of hydrazine groups is 1. The van der Waals surface area contributed by atoms with E-state index in [0.29, 0.717) is 22.8 Å². The number of nitrogens with one attached hydrogen (secondary N) is 1. The molecule has 2 heterocycles. The van der Waals surface area contributed by atoms with Gasteiger partial charge in [0.2, 0.25) is 0 Å². The summed E-state index contributed by atoms with van der Waals surface area (Å²) in [5.41, 5.74) is 6.46. The van der Waals surface area contributed by atoms with Crippen LogP contribution in [0, 0.1) is 13.8 Å². The number of hydrogen-bond acceptors (Lipinski definition) is 5. The smallest absolute Gasteiger partial charge is 0.337 e.